The average molecular weight is 520 g/mol. The van der Waals surface area contributed by atoms with Crippen molar-refractivity contribution in [1.29, 1.82) is 10.7 Å². The van der Waals surface area contributed by atoms with E-state index in [-0.39, 0.29) is 41.8 Å². The Bertz CT molecular complexity index is 1290. The number of aliphatic hydroxyl groups is 1. The zero-order valence-electron chi connectivity index (χ0n) is 22.9. The van der Waals surface area contributed by atoms with Crippen LogP contribution < -0.4 is 16.8 Å². The number of ether oxygens (including phenoxy) is 2. The first-order chi connectivity index (χ1) is 17.7. The van der Waals surface area contributed by atoms with Gasteiger partial charge in [-0.15, -0.1) is 0 Å². The van der Waals surface area contributed by atoms with E-state index >= 15 is 0 Å². The number of nitrogens with two attached hydrogens (primary N) is 2. The molecule has 1 aromatic rings. The van der Waals surface area contributed by atoms with Crippen molar-refractivity contribution in [3.05, 3.63) is 57.6 Å². The molecule has 9 nitrogen and oxygen atoms in total. The van der Waals surface area contributed by atoms with E-state index in [1.165, 1.54) is 0 Å². The second-order valence-electron chi connectivity index (χ2n) is 11.2. The number of rotatable bonds is 4. The van der Waals surface area contributed by atoms with Crippen LogP contribution in [-0.2, 0) is 21.5 Å². The summed E-state index contributed by atoms with van der Waals surface area (Å²) in [5, 5.41) is 31.5. The van der Waals surface area contributed by atoms with Crippen molar-refractivity contribution < 1.29 is 19.4 Å². The monoisotopic (exact) mass is 519 g/mol. The van der Waals surface area contributed by atoms with E-state index in [2.05, 4.69) is 23.2 Å². The topological polar surface area (TPSA) is 167 Å². The summed E-state index contributed by atoms with van der Waals surface area (Å²) in [7, 11) is 0. The molecular formula is C29H37N5O4. The highest BCUT2D eigenvalue weighted by molar-refractivity contribution is 5.98. The number of nitriles is 1. The van der Waals surface area contributed by atoms with Gasteiger partial charge in [0.05, 0.1) is 12.0 Å². The summed E-state index contributed by atoms with van der Waals surface area (Å²) in [6.07, 6.45) is 0.982. The van der Waals surface area contributed by atoms with Crippen LogP contribution in [0.15, 0.2) is 40.9 Å². The van der Waals surface area contributed by atoms with Gasteiger partial charge in [0, 0.05) is 28.8 Å². The van der Waals surface area contributed by atoms with Gasteiger partial charge in [-0.1, -0.05) is 31.8 Å². The summed E-state index contributed by atoms with van der Waals surface area (Å²) in [6.45, 7) is 10.7. The molecule has 3 rings (SSSR count). The highest BCUT2D eigenvalue weighted by Gasteiger charge is 2.51. The van der Waals surface area contributed by atoms with E-state index in [4.69, 9.17) is 26.4 Å². The molecule has 0 aromatic heterocycles. The maximum absolute atomic E-state index is 12.0. The van der Waals surface area contributed by atoms with Crippen molar-refractivity contribution in [3.63, 3.8) is 0 Å². The molecule has 1 unspecified atom stereocenters. The van der Waals surface area contributed by atoms with Crippen LogP contribution in [0.25, 0.3) is 0 Å². The lowest BCUT2D eigenvalue weighted by Gasteiger charge is -2.43. The standard InChI is InChI=1S/C29H37N5O4/c1-16(2)29(23(14-30)25(32)37-26(33)24(29)17(3)31)21-10-18(9-20(11-21)15-35)7-8-19-12-22(13-19)34-27(36)38-28(4,5)6/h9-11,16,19,22,33,35H,12-13,15,31-32H2,1-6H3,(H,34,36). The predicted octanol–water partition coefficient (Wildman–Crippen LogP) is 3.66. The fraction of sp³-hybridized carbons (Fsp3) is 0.483. The Hall–Kier alpha value is -3.95. The lowest BCUT2D eigenvalue weighted by molar-refractivity contribution is 0.0467. The third-order valence-corrected chi connectivity index (χ3v) is 6.76. The number of alkyl carbamates (subject to hydrolysis) is 1. The molecule has 0 radical (unpaired) electrons. The van der Waals surface area contributed by atoms with Gasteiger partial charge in [-0.3, -0.25) is 5.41 Å². The van der Waals surface area contributed by atoms with Gasteiger partial charge in [0.15, 0.2) is 0 Å². The lowest BCUT2D eigenvalue weighted by Crippen LogP contribution is -2.46. The van der Waals surface area contributed by atoms with Crippen LogP contribution in [0.4, 0.5) is 4.79 Å². The van der Waals surface area contributed by atoms with Gasteiger partial charge >= 0.3 is 6.09 Å². The fourth-order valence-electron chi connectivity index (χ4n) is 5.14. The van der Waals surface area contributed by atoms with Gasteiger partial charge in [-0.2, -0.15) is 5.26 Å². The molecule has 0 spiro atoms. The van der Waals surface area contributed by atoms with E-state index in [1.54, 1.807) is 19.1 Å². The largest absolute Gasteiger partial charge is 0.444 e. The molecule has 7 N–H and O–H groups in total. The number of amides is 1. The number of nitrogens with zero attached hydrogens (tertiary/aromatic N) is 1. The number of carbonyl (C=O) groups excluding carboxylic acids is 1. The summed E-state index contributed by atoms with van der Waals surface area (Å²) in [4.78, 5) is 12.0. The molecule has 1 atom stereocenters. The van der Waals surface area contributed by atoms with Crippen molar-refractivity contribution >= 4 is 12.0 Å². The Morgan fingerprint density at radius 2 is 2.00 bits per heavy atom. The number of hydrogen-bond acceptors (Lipinski definition) is 8. The fourth-order valence-corrected chi connectivity index (χ4v) is 5.14. The van der Waals surface area contributed by atoms with Crippen LogP contribution in [-0.4, -0.2) is 28.7 Å². The lowest BCUT2D eigenvalue weighted by atomic mass is 9.60. The maximum Gasteiger partial charge on any atom is 0.407 e. The summed E-state index contributed by atoms with van der Waals surface area (Å²) in [5.74, 6) is 5.96. The van der Waals surface area contributed by atoms with Crippen LogP contribution >= 0.6 is 0 Å². The smallest absolute Gasteiger partial charge is 0.407 e. The molecule has 1 aliphatic carbocycles. The number of benzene rings is 1. The first-order valence-corrected chi connectivity index (χ1v) is 12.6. The molecule has 1 aromatic carbocycles. The second kappa shape index (κ2) is 10.8. The average Bonchev–Trinajstić information content (AvgIpc) is 2.77. The zero-order valence-corrected chi connectivity index (χ0v) is 22.9. The van der Waals surface area contributed by atoms with E-state index < -0.39 is 17.1 Å². The van der Waals surface area contributed by atoms with E-state index in [0.717, 1.165) is 0 Å². The summed E-state index contributed by atoms with van der Waals surface area (Å²) >= 11 is 0. The SMILES string of the molecule is CC(N)=C1C(=N)OC(N)=C(C#N)C1(c1cc(C#CC2CC(NC(=O)OC(C)(C)C)C2)cc(CO)c1)C(C)C. The van der Waals surface area contributed by atoms with Crippen LogP contribution in [0.3, 0.4) is 0 Å². The van der Waals surface area contributed by atoms with Crippen molar-refractivity contribution in [3.8, 4) is 17.9 Å². The zero-order chi connectivity index (χ0) is 28.4. The summed E-state index contributed by atoms with van der Waals surface area (Å²) < 4.78 is 10.7. The Morgan fingerprint density at radius 1 is 1.34 bits per heavy atom. The van der Waals surface area contributed by atoms with Gasteiger partial charge < -0.3 is 31.4 Å². The molecule has 0 saturated heterocycles. The van der Waals surface area contributed by atoms with Crippen molar-refractivity contribution in [1.82, 2.24) is 5.32 Å². The third kappa shape index (κ3) is 5.64. The molecule has 1 saturated carbocycles. The Kier molecular flexibility index (Phi) is 8.14. The molecule has 2 aliphatic rings. The molecule has 202 valence electrons. The van der Waals surface area contributed by atoms with Gasteiger partial charge in [0.2, 0.25) is 11.8 Å². The molecule has 0 bridgehead atoms. The Labute approximate surface area is 224 Å². The summed E-state index contributed by atoms with van der Waals surface area (Å²) in [5.41, 5.74) is 13.4. The minimum atomic E-state index is -1.16. The van der Waals surface area contributed by atoms with E-state index in [0.29, 0.717) is 40.8 Å². The predicted molar refractivity (Wildman–Crippen MR) is 144 cm³/mol. The molecule has 9 heteroatoms. The van der Waals surface area contributed by atoms with Gasteiger partial charge in [0.25, 0.3) is 0 Å². The molecule has 1 heterocycles. The van der Waals surface area contributed by atoms with E-state index in [1.807, 2.05) is 40.7 Å². The molecule has 1 fully saturated rings. The van der Waals surface area contributed by atoms with Crippen LogP contribution in [0.5, 0.6) is 0 Å². The first kappa shape index (κ1) is 28.6. The number of allylic oxidation sites excluding steroid dienone is 2. The highest BCUT2D eigenvalue weighted by Crippen LogP contribution is 2.50. The third-order valence-electron chi connectivity index (χ3n) is 6.76. The Morgan fingerprint density at radius 3 is 2.53 bits per heavy atom. The minimum Gasteiger partial charge on any atom is -0.444 e. The van der Waals surface area contributed by atoms with E-state index in [9.17, 15) is 15.2 Å². The van der Waals surface area contributed by atoms with Gasteiger partial charge in [0.1, 0.15) is 17.2 Å². The van der Waals surface area contributed by atoms with Gasteiger partial charge in [-0.05, 0) is 69.7 Å². The number of aliphatic hydroxyl groups excluding tert-OH is 1. The second-order valence-corrected chi connectivity index (χ2v) is 11.2. The van der Waals surface area contributed by atoms with Crippen LogP contribution in [0.2, 0.25) is 0 Å². The summed E-state index contributed by atoms with van der Waals surface area (Å²) in [6, 6.07) is 7.64. The number of hydrogen-bond donors (Lipinski definition) is 5. The molecule has 1 aliphatic heterocycles. The quantitative estimate of drug-likeness (QED) is 0.378. The van der Waals surface area contributed by atoms with Gasteiger partial charge in [-0.25, -0.2) is 4.79 Å². The first-order valence-electron chi connectivity index (χ1n) is 12.6. The van der Waals surface area contributed by atoms with Crippen molar-refractivity contribution in [2.75, 3.05) is 0 Å². The van der Waals surface area contributed by atoms with Crippen LogP contribution in [0.1, 0.15) is 71.1 Å². The molecular weight excluding hydrogens is 482 g/mol. The highest BCUT2D eigenvalue weighted by atomic mass is 16.6. The number of nitrogens with one attached hydrogen (secondary N) is 2. The number of carbonyl (C=O) groups is 1. The van der Waals surface area contributed by atoms with Crippen molar-refractivity contribution in [2.45, 2.75) is 78.0 Å². The minimum absolute atomic E-state index is 0.00692. The van der Waals surface area contributed by atoms with Crippen molar-refractivity contribution in [2.24, 2.45) is 23.3 Å². The molecule has 38 heavy (non-hydrogen) atoms. The normalized spacial score (nSPS) is 24.4. The van der Waals surface area contributed by atoms with Crippen LogP contribution in [0, 0.1) is 40.4 Å². The Balaban J connectivity index is 1.98. The molecule has 1 amide bonds. The maximum atomic E-state index is 12.0.